The lowest BCUT2D eigenvalue weighted by atomic mass is 10.1. The topological polar surface area (TPSA) is 105 Å². The van der Waals surface area contributed by atoms with Crippen LogP contribution in [0.15, 0.2) is 48.5 Å². The smallest absolute Gasteiger partial charge is 0.244 e. The fourth-order valence-corrected chi connectivity index (χ4v) is 5.17. The summed E-state index contributed by atoms with van der Waals surface area (Å²) in [6.45, 7) is 6.43. The number of hydrogen-bond acceptors (Lipinski definition) is 6. The molecule has 1 aliphatic rings. The molecule has 9 nitrogen and oxygen atoms in total. The molecule has 1 N–H and O–H groups in total. The third-order valence-electron chi connectivity index (χ3n) is 6.20. The van der Waals surface area contributed by atoms with Gasteiger partial charge in [-0.3, -0.25) is 13.9 Å². The van der Waals surface area contributed by atoms with Crippen molar-refractivity contribution in [2.24, 2.45) is 0 Å². The van der Waals surface area contributed by atoms with Gasteiger partial charge in [-0.1, -0.05) is 50.6 Å². The Morgan fingerprint density at radius 1 is 1.00 bits per heavy atom. The van der Waals surface area contributed by atoms with E-state index < -0.39 is 28.5 Å². The molecule has 0 fully saturated rings. The van der Waals surface area contributed by atoms with E-state index in [-0.39, 0.29) is 18.2 Å². The third kappa shape index (κ3) is 7.38. The Bertz CT molecular complexity index is 1160. The number of sulfonamides is 1. The van der Waals surface area contributed by atoms with Crippen molar-refractivity contribution in [1.82, 2.24) is 10.2 Å². The fraction of sp³-hybridized carbons (Fsp3) is 0.481. The van der Waals surface area contributed by atoms with Crippen LogP contribution in [0, 0.1) is 0 Å². The van der Waals surface area contributed by atoms with Crippen molar-refractivity contribution in [2.45, 2.75) is 52.6 Å². The number of carbonyl (C=O) groups is 2. The number of benzene rings is 2. The van der Waals surface area contributed by atoms with Crippen molar-refractivity contribution in [1.29, 1.82) is 0 Å². The number of anilines is 1. The highest BCUT2D eigenvalue weighted by molar-refractivity contribution is 7.92. The summed E-state index contributed by atoms with van der Waals surface area (Å²) in [7, 11) is -3.82. The summed E-state index contributed by atoms with van der Waals surface area (Å²) < 4.78 is 38.5. The number of hydrogen-bond donors (Lipinski definition) is 1. The van der Waals surface area contributed by atoms with E-state index in [1.165, 1.54) is 11.8 Å². The molecule has 2 aromatic rings. The highest BCUT2D eigenvalue weighted by atomic mass is 32.2. The van der Waals surface area contributed by atoms with Crippen LogP contribution >= 0.6 is 0 Å². The molecule has 202 valence electrons. The largest absolute Gasteiger partial charge is 0.486 e. The molecule has 2 amide bonds. The minimum Gasteiger partial charge on any atom is -0.486 e. The van der Waals surface area contributed by atoms with Gasteiger partial charge in [0.25, 0.3) is 0 Å². The number of ether oxygens (including phenoxy) is 2. The molecule has 0 saturated carbocycles. The zero-order valence-corrected chi connectivity index (χ0v) is 22.6. The third-order valence-corrected chi connectivity index (χ3v) is 7.95. The molecule has 0 saturated heterocycles. The van der Waals surface area contributed by atoms with Crippen LogP contribution in [-0.2, 0) is 26.2 Å². The van der Waals surface area contributed by atoms with Gasteiger partial charge in [0.05, 0.1) is 11.4 Å². The average Bonchev–Trinajstić information content (AvgIpc) is 2.91. The molecule has 0 aromatic heterocycles. The first-order valence-electron chi connectivity index (χ1n) is 12.8. The van der Waals surface area contributed by atoms with Crippen molar-refractivity contribution in [3.63, 3.8) is 0 Å². The zero-order valence-electron chi connectivity index (χ0n) is 21.8. The van der Waals surface area contributed by atoms with Gasteiger partial charge in [0.1, 0.15) is 25.8 Å². The van der Waals surface area contributed by atoms with Crippen LogP contribution in [-0.4, -0.2) is 63.2 Å². The molecule has 0 bridgehead atoms. The lowest BCUT2D eigenvalue weighted by Gasteiger charge is -2.33. The Morgan fingerprint density at radius 2 is 1.70 bits per heavy atom. The predicted octanol–water partition coefficient (Wildman–Crippen LogP) is 3.34. The Labute approximate surface area is 219 Å². The molecule has 1 aliphatic heterocycles. The average molecular weight is 532 g/mol. The van der Waals surface area contributed by atoms with Crippen LogP contribution in [0.5, 0.6) is 11.5 Å². The summed E-state index contributed by atoms with van der Waals surface area (Å²) >= 11 is 0. The molecule has 1 heterocycles. The van der Waals surface area contributed by atoms with Crippen molar-refractivity contribution in [2.75, 3.05) is 36.4 Å². The number of nitrogens with zero attached hydrogens (tertiary/aromatic N) is 2. The van der Waals surface area contributed by atoms with Gasteiger partial charge in [0, 0.05) is 19.2 Å². The zero-order chi connectivity index (χ0) is 26.8. The van der Waals surface area contributed by atoms with Gasteiger partial charge < -0.3 is 19.7 Å². The number of fused-ring (bicyclic) bond motifs is 1. The molecule has 37 heavy (non-hydrogen) atoms. The number of rotatable bonds is 13. The van der Waals surface area contributed by atoms with E-state index in [0.29, 0.717) is 43.4 Å². The SMILES string of the molecule is CCCCNC(=O)C(CC)N(Cc1ccccc1)C(=O)CN(c1ccc2c(c1)OCCO2)S(=O)(=O)CC. The number of amides is 2. The number of carbonyl (C=O) groups excluding carboxylic acids is 2. The fourth-order valence-electron chi connectivity index (χ4n) is 4.11. The summed E-state index contributed by atoms with van der Waals surface area (Å²) in [5, 5.41) is 2.92. The number of nitrogens with one attached hydrogen (secondary N) is 1. The Hall–Kier alpha value is -3.27. The highest BCUT2D eigenvalue weighted by Gasteiger charge is 2.32. The summed E-state index contributed by atoms with van der Waals surface area (Å²) in [6.07, 6.45) is 2.16. The molecular weight excluding hydrogens is 494 g/mol. The second-order valence-corrected chi connectivity index (χ2v) is 11.0. The minimum atomic E-state index is -3.82. The van der Waals surface area contributed by atoms with Gasteiger partial charge in [-0.15, -0.1) is 0 Å². The van der Waals surface area contributed by atoms with E-state index in [4.69, 9.17) is 9.47 Å². The van der Waals surface area contributed by atoms with Crippen molar-refractivity contribution in [3.8, 4) is 11.5 Å². The van der Waals surface area contributed by atoms with Crippen molar-refractivity contribution < 1.29 is 27.5 Å². The van der Waals surface area contributed by atoms with Crippen LogP contribution in [0.1, 0.15) is 45.6 Å². The molecule has 1 atom stereocenters. The lowest BCUT2D eigenvalue weighted by molar-refractivity contribution is -0.140. The molecule has 0 radical (unpaired) electrons. The van der Waals surface area contributed by atoms with Gasteiger partial charge in [0.15, 0.2) is 11.5 Å². The van der Waals surface area contributed by atoms with E-state index in [0.717, 1.165) is 22.7 Å². The summed E-state index contributed by atoms with van der Waals surface area (Å²) in [4.78, 5) is 28.4. The first-order valence-corrected chi connectivity index (χ1v) is 14.4. The number of unbranched alkanes of at least 4 members (excludes halogenated alkanes) is 1. The molecule has 3 rings (SSSR count). The second kappa shape index (κ2) is 13.3. The van der Waals surface area contributed by atoms with E-state index >= 15 is 0 Å². The Balaban J connectivity index is 1.93. The Kier molecular flexibility index (Phi) is 10.2. The monoisotopic (exact) mass is 531 g/mol. The highest BCUT2D eigenvalue weighted by Crippen LogP contribution is 2.35. The van der Waals surface area contributed by atoms with E-state index in [1.807, 2.05) is 44.2 Å². The Morgan fingerprint density at radius 3 is 2.35 bits per heavy atom. The van der Waals surface area contributed by atoms with Crippen LogP contribution in [0.3, 0.4) is 0 Å². The maximum absolute atomic E-state index is 13.8. The second-order valence-electron chi connectivity index (χ2n) is 8.81. The van der Waals surface area contributed by atoms with Crippen LogP contribution in [0.2, 0.25) is 0 Å². The first kappa shape index (κ1) is 28.3. The van der Waals surface area contributed by atoms with Gasteiger partial charge in [-0.05, 0) is 37.5 Å². The summed E-state index contributed by atoms with van der Waals surface area (Å²) in [5.74, 6) is 0.0473. The molecule has 1 unspecified atom stereocenters. The minimum absolute atomic E-state index is 0.181. The predicted molar refractivity (Wildman–Crippen MR) is 143 cm³/mol. The van der Waals surface area contributed by atoms with Crippen LogP contribution in [0.4, 0.5) is 5.69 Å². The maximum Gasteiger partial charge on any atom is 0.244 e. The maximum atomic E-state index is 13.8. The molecule has 0 aliphatic carbocycles. The van der Waals surface area contributed by atoms with Crippen LogP contribution < -0.4 is 19.1 Å². The van der Waals surface area contributed by atoms with Gasteiger partial charge >= 0.3 is 0 Å². The lowest BCUT2D eigenvalue weighted by Crippen LogP contribution is -2.52. The normalized spacial score (nSPS) is 13.5. The molecule has 0 spiro atoms. The van der Waals surface area contributed by atoms with Crippen molar-refractivity contribution >= 4 is 27.5 Å². The summed E-state index contributed by atoms with van der Waals surface area (Å²) in [5.41, 5.74) is 1.15. The molecule has 2 aromatic carbocycles. The molecular formula is C27H37N3O6S. The van der Waals surface area contributed by atoms with Gasteiger partial charge in [-0.25, -0.2) is 8.42 Å². The van der Waals surface area contributed by atoms with Gasteiger partial charge in [0.2, 0.25) is 21.8 Å². The van der Waals surface area contributed by atoms with E-state index in [1.54, 1.807) is 18.2 Å². The standard InChI is InChI=1S/C27H37N3O6S/c1-4-7-15-28-27(32)23(5-2)29(19-21-11-9-8-10-12-21)26(31)20-30(37(33,34)6-3)22-13-14-24-25(18-22)36-17-16-35-24/h8-14,18,23H,4-7,15-17,19-20H2,1-3H3,(H,28,32). The first-order chi connectivity index (χ1) is 17.8. The van der Waals surface area contributed by atoms with E-state index in [9.17, 15) is 18.0 Å². The van der Waals surface area contributed by atoms with Crippen LogP contribution in [0.25, 0.3) is 0 Å². The van der Waals surface area contributed by atoms with Crippen molar-refractivity contribution in [3.05, 3.63) is 54.1 Å². The summed E-state index contributed by atoms with van der Waals surface area (Å²) in [6, 6.07) is 13.4. The van der Waals surface area contributed by atoms with Gasteiger partial charge in [-0.2, -0.15) is 0 Å². The van der Waals surface area contributed by atoms with E-state index in [2.05, 4.69) is 5.32 Å². The molecule has 10 heteroatoms. The quantitative estimate of drug-likeness (QED) is 0.398.